The molecule has 202 valence electrons. The lowest BCUT2D eigenvalue weighted by Gasteiger charge is -2.13. The van der Waals surface area contributed by atoms with Crippen LogP contribution in [0.3, 0.4) is 0 Å². The van der Waals surface area contributed by atoms with Crippen molar-refractivity contribution >= 4 is 56.2 Å². The maximum Gasteiger partial charge on any atom is 0.416 e. The predicted molar refractivity (Wildman–Crippen MR) is 154 cm³/mol. The molecule has 0 aliphatic rings. The number of halogens is 6. The van der Waals surface area contributed by atoms with Crippen LogP contribution in [0, 0.1) is 0 Å². The second-order valence-corrected chi connectivity index (χ2v) is 10.4. The molecule has 1 heterocycles. The molecule has 0 amide bonds. The average molecular weight is 647 g/mol. The maximum absolute atomic E-state index is 13.5. The van der Waals surface area contributed by atoms with Gasteiger partial charge in [0.2, 0.25) is 0 Å². The number of alkyl halides is 3. The molecule has 5 rings (SSSR count). The molecule has 0 spiro atoms. The number of hydrogen-bond donors (Lipinski definition) is 0. The van der Waals surface area contributed by atoms with Crippen LogP contribution in [0.4, 0.5) is 13.2 Å². The molecule has 0 aliphatic heterocycles. The Labute approximate surface area is 244 Å². The van der Waals surface area contributed by atoms with E-state index in [4.69, 9.17) is 27.9 Å². The Kier molecular flexibility index (Phi) is 7.98. The molecule has 0 saturated heterocycles. The molecule has 5 nitrogen and oxygen atoms in total. The van der Waals surface area contributed by atoms with Gasteiger partial charge >= 0.3 is 6.18 Å². The third-order valence-electron chi connectivity index (χ3n) is 5.88. The van der Waals surface area contributed by atoms with Crippen molar-refractivity contribution in [3.63, 3.8) is 0 Å². The van der Waals surface area contributed by atoms with Crippen LogP contribution in [-0.4, -0.2) is 15.9 Å². The molecular formula is C29H17BrCl2F3N3O2. The zero-order valence-corrected chi connectivity index (χ0v) is 23.4. The molecule has 0 bridgehead atoms. The smallest absolute Gasteiger partial charge is 0.416 e. The molecule has 0 fully saturated rings. The molecule has 0 radical (unpaired) electrons. The molecule has 0 N–H and O–H groups in total. The van der Waals surface area contributed by atoms with E-state index < -0.39 is 17.3 Å². The zero-order valence-electron chi connectivity index (χ0n) is 20.3. The zero-order chi connectivity index (χ0) is 28.4. The van der Waals surface area contributed by atoms with Crippen LogP contribution in [0.15, 0.2) is 99.3 Å². The number of rotatable bonds is 6. The third-order valence-corrected chi connectivity index (χ3v) is 6.96. The Bertz CT molecular complexity index is 1820. The van der Waals surface area contributed by atoms with E-state index in [1.54, 1.807) is 60.7 Å². The summed E-state index contributed by atoms with van der Waals surface area (Å²) in [6, 6.07) is 21.4. The lowest BCUT2D eigenvalue weighted by molar-refractivity contribution is -0.137. The number of ether oxygens (including phenoxy) is 1. The third kappa shape index (κ3) is 6.06. The number of nitrogens with zero attached hydrogens (tertiary/aromatic N) is 3. The molecule has 1 aromatic heterocycles. The summed E-state index contributed by atoms with van der Waals surface area (Å²) in [7, 11) is 0. The van der Waals surface area contributed by atoms with Gasteiger partial charge in [-0.15, -0.1) is 0 Å². The van der Waals surface area contributed by atoms with Gasteiger partial charge in [0.05, 0.1) is 22.7 Å². The minimum atomic E-state index is -4.57. The molecular weight excluding hydrogens is 630 g/mol. The normalized spacial score (nSPS) is 11.8. The summed E-state index contributed by atoms with van der Waals surface area (Å²) < 4.78 is 48.1. The van der Waals surface area contributed by atoms with Crippen LogP contribution in [0.5, 0.6) is 5.75 Å². The highest BCUT2D eigenvalue weighted by molar-refractivity contribution is 9.10. The van der Waals surface area contributed by atoms with Gasteiger partial charge in [-0.1, -0.05) is 69.5 Å². The highest BCUT2D eigenvalue weighted by atomic mass is 79.9. The first-order valence-electron chi connectivity index (χ1n) is 11.7. The number of fused-ring (bicyclic) bond motifs is 1. The monoisotopic (exact) mass is 645 g/mol. The molecule has 40 heavy (non-hydrogen) atoms. The Morgan fingerprint density at radius 1 is 0.975 bits per heavy atom. The minimum absolute atomic E-state index is 0.0449. The van der Waals surface area contributed by atoms with Crippen molar-refractivity contribution in [1.29, 1.82) is 0 Å². The van der Waals surface area contributed by atoms with Gasteiger partial charge in [-0.25, -0.2) is 4.98 Å². The maximum atomic E-state index is 13.5. The summed E-state index contributed by atoms with van der Waals surface area (Å²) in [5.74, 6) is 0.386. The fourth-order valence-corrected chi connectivity index (χ4v) is 4.76. The van der Waals surface area contributed by atoms with Crippen LogP contribution in [0.1, 0.15) is 16.7 Å². The van der Waals surface area contributed by atoms with E-state index >= 15 is 0 Å². The van der Waals surface area contributed by atoms with Crippen LogP contribution in [0.2, 0.25) is 10.0 Å². The van der Waals surface area contributed by atoms with Crippen LogP contribution in [0.25, 0.3) is 22.3 Å². The second kappa shape index (κ2) is 11.4. The van der Waals surface area contributed by atoms with Crippen molar-refractivity contribution < 1.29 is 17.9 Å². The molecule has 5 aromatic rings. The van der Waals surface area contributed by atoms with Crippen molar-refractivity contribution in [3.8, 4) is 17.1 Å². The second-order valence-electron chi connectivity index (χ2n) is 8.60. The number of benzene rings is 4. The van der Waals surface area contributed by atoms with Gasteiger partial charge in [-0.3, -0.25) is 4.79 Å². The fraction of sp³-hybridized carbons (Fsp3) is 0.0690. The fourth-order valence-electron chi connectivity index (χ4n) is 3.92. The van der Waals surface area contributed by atoms with Gasteiger partial charge < -0.3 is 4.74 Å². The molecule has 4 aromatic carbocycles. The quantitative estimate of drug-likeness (QED) is 0.174. The molecule has 11 heteroatoms. The van der Waals surface area contributed by atoms with Crippen molar-refractivity contribution in [3.05, 3.63) is 126 Å². The molecule has 0 atom stereocenters. The summed E-state index contributed by atoms with van der Waals surface area (Å²) in [5.41, 5.74) is 0.204. The Hall–Kier alpha value is -3.66. The average Bonchev–Trinajstić information content (AvgIpc) is 2.92. The first-order valence-corrected chi connectivity index (χ1v) is 13.2. The van der Waals surface area contributed by atoms with Crippen LogP contribution >= 0.6 is 39.1 Å². The molecule has 0 saturated carbocycles. The number of aromatic nitrogens is 2. The Morgan fingerprint density at radius 3 is 2.55 bits per heavy atom. The van der Waals surface area contributed by atoms with Gasteiger partial charge in [0.15, 0.2) is 5.82 Å². The largest absolute Gasteiger partial charge is 0.488 e. The summed E-state index contributed by atoms with van der Waals surface area (Å²) >= 11 is 15.7. The van der Waals surface area contributed by atoms with Gasteiger partial charge in [0, 0.05) is 31.2 Å². The van der Waals surface area contributed by atoms with E-state index in [0.29, 0.717) is 36.9 Å². The summed E-state index contributed by atoms with van der Waals surface area (Å²) in [5, 5.41) is 5.57. The van der Waals surface area contributed by atoms with Gasteiger partial charge in [-0.2, -0.15) is 22.9 Å². The van der Waals surface area contributed by atoms with E-state index in [9.17, 15) is 18.0 Å². The topological polar surface area (TPSA) is 56.5 Å². The van der Waals surface area contributed by atoms with Crippen LogP contribution in [-0.2, 0) is 12.8 Å². The first kappa shape index (κ1) is 27.9. The van der Waals surface area contributed by atoms with Gasteiger partial charge in [0.1, 0.15) is 12.4 Å². The van der Waals surface area contributed by atoms with Gasteiger partial charge in [0.25, 0.3) is 5.56 Å². The SMILES string of the molecule is O=c1c2ccccc2nc(-c2cccc(C(F)(F)F)c2)n1N=Cc1cc(Br)ccc1OCc1ccc(Cl)cc1Cl. The van der Waals surface area contributed by atoms with Gasteiger partial charge in [-0.05, 0) is 54.6 Å². The number of hydrogen-bond acceptors (Lipinski definition) is 4. The lowest BCUT2D eigenvalue weighted by Crippen LogP contribution is -2.20. The van der Waals surface area contributed by atoms with E-state index in [2.05, 4.69) is 26.0 Å². The van der Waals surface area contributed by atoms with Crippen molar-refractivity contribution in [2.24, 2.45) is 5.10 Å². The highest BCUT2D eigenvalue weighted by Crippen LogP contribution is 2.32. The van der Waals surface area contributed by atoms with E-state index in [-0.39, 0.29) is 23.4 Å². The van der Waals surface area contributed by atoms with Crippen molar-refractivity contribution in [2.75, 3.05) is 0 Å². The Balaban J connectivity index is 1.59. The minimum Gasteiger partial charge on any atom is -0.488 e. The summed E-state index contributed by atoms with van der Waals surface area (Å²) in [6.45, 7) is 0.130. The van der Waals surface area contributed by atoms with Crippen molar-refractivity contribution in [2.45, 2.75) is 12.8 Å². The van der Waals surface area contributed by atoms with E-state index in [1.807, 2.05) is 0 Å². The predicted octanol–water partition coefficient (Wildman–Crippen LogP) is 8.61. The summed E-state index contributed by atoms with van der Waals surface area (Å²) in [6.07, 6.45) is -3.19. The molecule has 0 aliphatic carbocycles. The standard InChI is InChI=1S/C29H17BrCl2F3N3O2/c30-21-9-11-26(40-16-18-8-10-22(31)14-24(18)32)19(13-21)15-36-38-27(17-4-3-5-20(12-17)29(33,34)35)37-25-7-2-1-6-23(25)28(38)39/h1-15H,16H2. The van der Waals surface area contributed by atoms with Crippen LogP contribution < -0.4 is 10.3 Å². The lowest BCUT2D eigenvalue weighted by atomic mass is 10.1. The van der Waals surface area contributed by atoms with Crippen molar-refractivity contribution in [1.82, 2.24) is 9.66 Å². The first-order chi connectivity index (χ1) is 19.1. The van der Waals surface area contributed by atoms with E-state index in [0.717, 1.165) is 16.8 Å². The Morgan fingerprint density at radius 2 is 1.77 bits per heavy atom. The van der Waals surface area contributed by atoms with E-state index in [1.165, 1.54) is 18.3 Å². The highest BCUT2D eigenvalue weighted by Gasteiger charge is 2.31. The number of para-hydroxylation sites is 1. The molecule has 0 unspecified atom stereocenters. The summed E-state index contributed by atoms with van der Waals surface area (Å²) in [4.78, 5) is 18.0.